The van der Waals surface area contributed by atoms with E-state index in [1.165, 1.54) is 0 Å². The first-order valence-electron chi connectivity index (χ1n) is 6.22. The predicted molar refractivity (Wildman–Crippen MR) is 72.3 cm³/mol. The van der Waals surface area contributed by atoms with Crippen molar-refractivity contribution in [2.75, 3.05) is 0 Å². The highest BCUT2D eigenvalue weighted by atomic mass is 79.9. The molecule has 3 atom stereocenters. The molecule has 2 fully saturated rings. The number of nitriles is 1. The van der Waals surface area contributed by atoms with Crippen molar-refractivity contribution in [1.82, 2.24) is 5.32 Å². The first kappa shape index (κ1) is 12.6. The molecule has 4 nitrogen and oxygen atoms in total. The van der Waals surface area contributed by atoms with E-state index < -0.39 is 11.4 Å². The van der Waals surface area contributed by atoms with Crippen LogP contribution in [-0.2, 0) is 11.3 Å². The minimum Gasteiger partial charge on any atom is -0.481 e. The van der Waals surface area contributed by atoms with Gasteiger partial charge in [0.1, 0.15) is 0 Å². The van der Waals surface area contributed by atoms with Crippen LogP contribution in [0.15, 0.2) is 22.7 Å². The molecule has 0 bridgehead atoms. The van der Waals surface area contributed by atoms with Gasteiger partial charge in [0, 0.05) is 17.1 Å². The second kappa shape index (κ2) is 4.32. The SMILES string of the molecule is N#Cc1ccc(CN[C@H]2C[C@@]3(C(=O)O)C[C@@H]23)c(Br)c1. The zero-order valence-corrected chi connectivity index (χ0v) is 11.8. The molecular weight excluding hydrogens is 308 g/mol. The third-order valence-electron chi connectivity index (χ3n) is 4.37. The van der Waals surface area contributed by atoms with Crippen molar-refractivity contribution in [3.63, 3.8) is 0 Å². The van der Waals surface area contributed by atoms with Gasteiger partial charge in [-0.15, -0.1) is 0 Å². The van der Waals surface area contributed by atoms with Crippen molar-refractivity contribution in [1.29, 1.82) is 5.26 Å². The van der Waals surface area contributed by atoms with Gasteiger partial charge in [0.05, 0.1) is 17.0 Å². The Kier molecular flexibility index (Phi) is 2.88. The molecule has 0 spiro atoms. The lowest BCUT2D eigenvalue weighted by Crippen LogP contribution is -2.45. The quantitative estimate of drug-likeness (QED) is 0.892. The Morgan fingerprint density at radius 2 is 2.37 bits per heavy atom. The Labute approximate surface area is 119 Å². The van der Waals surface area contributed by atoms with Crippen LogP contribution in [0.5, 0.6) is 0 Å². The Morgan fingerprint density at radius 1 is 1.58 bits per heavy atom. The maximum absolute atomic E-state index is 11.0. The fourth-order valence-corrected chi connectivity index (χ4v) is 3.54. The van der Waals surface area contributed by atoms with E-state index in [-0.39, 0.29) is 0 Å². The van der Waals surface area contributed by atoms with E-state index in [4.69, 9.17) is 10.4 Å². The van der Waals surface area contributed by atoms with Crippen LogP contribution in [0.1, 0.15) is 24.0 Å². The monoisotopic (exact) mass is 320 g/mol. The summed E-state index contributed by atoms with van der Waals surface area (Å²) in [5.74, 6) is -0.336. The fourth-order valence-electron chi connectivity index (χ4n) is 3.02. The number of aliphatic carboxylic acids is 1. The van der Waals surface area contributed by atoms with Crippen LogP contribution in [0.3, 0.4) is 0 Å². The van der Waals surface area contributed by atoms with Gasteiger partial charge in [-0.2, -0.15) is 5.26 Å². The molecule has 98 valence electrons. The lowest BCUT2D eigenvalue weighted by molar-refractivity contribution is -0.147. The predicted octanol–water partition coefficient (Wildman–Crippen LogP) is 2.27. The molecule has 19 heavy (non-hydrogen) atoms. The van der Waals surface area contributed by atoms with Crippen LogP contribution >= 0.6 is 15.9 Å². The number of nitrogens with zero attached hydrogens (tertiary/aromatic N) is 1. The smallest absolute Gasteiger partial charge is 0.310 e. The zero-order chi connectivity index (χ0) is 13.6. The van der Waals surface area contributed by atoms with Crippen molar-refractivity contribution in [3.05, 3.63) is 33.8 Å². The molecule has 1 aromatic rings. The topological polar surface area (TPSA) is 73.1 Å². The molecule has 5 heteroatoms. The maximum atomic E-state index is 11.0. The molecule has 0 amide bonds. The van der Waals surface area contributed by atoms with Gasteiger partial charge in [0.15, 0.2) is 0 Å². The van der Waals surface area contributed by atoms with Crippen LogP contribution in [-0.4, -0.2) is 17.1 Å². The number of fused-ring (bicyclic) bond motifs is 1. The molecule has 0 unspecified atom stereocenters. The summed E-state index contributed by atoms with van der Waals surface area (Å²) in [6.07, 6.45) is 1.55. The largest absolute Gasteiger partial charge is 0.481 e. The first-order chi connectivity index (χ1) is 9.06. The summed E-state index contributed by atoms with van der Waals surface area (Å²) in [5, 5.41) is 21.3. The third kappa shape index (κ3) is 1.96. The molecule has 2 saturated carbocycles. The number of hydrogen-bond donors (Lipinski definition) is 2. The second-order valence-corrected chi connectivity index (χ2v) is 6.24. The zero-order valence-electron chi connectivity index (χ0n) is 10.2. The summed E-state index contributed by atoms with van der Waals surface area (Å²) in [5.41, 5.74) is 1.32. The van der Waals surface area contributed by atoms with Gasteiger partial charge in [-0.3, -0.25) is 4.79 Å². The van der Waals surface area contributed by atoms with E-state index in [9.17, 15) is 4.79 Å². The molecule has 0 saturated heterocycles. The summed E-state index contributed by atoms with van der Waals surface area (Å²) >= 11 is 3.45. The lowest BCUT2D eigenvalue weighted by atomic mass is 9.80. The van der Waals surface area contributed by atoms with Gasteiger partial charge >= 0.3 is 5.97 Å². The number of halogens is 1. The van der Waals surface area contributed by atoms with Gasteiger partial charge in [-0.25, -0.2) is 0 Å². The second-order valence-electron chi connectivity index (χ2n) is 5.38. The van der Waals surface area contributed by atoms with Crippen molar-refractivity contribution in [3.8, 4) is 6.07 Å². The Bertz CT molecular complexity index is 596. The van der Waals surface area contributed by atoms with Crippen molar-refractivity contribution in [2.24, 2.45) is 11.3 Å². The lowest BCUT2D eigenvalue weighted by Gasteiger charge is -2.32. The molecule has 3 rings (SSSR count). The number of carboxylic acids is 1. The van der Waals surface area contributed by atoms with Crippen LogP contribution < -0.4 is 5.32 Å². The molecule has 2 N–H and O–H groups in total. The highest BCUT2D eigenvalue weighted by Gasteiger charge is 2.71. The molecule has 0 heterocycles. The number of benzene rings is 1. The normalized spacial score (nSPS) is 30.9. The molecule has 2 aliphatic carbocycles. The number of nitrogens with one attached hydrogen (secondary N) is 1. The van der Waals surface area contributed by atoms with Gasteiger partial charge in [0.25, 0.3) is 0 Å². The molecule has 0 aliphatic heterocycles. The van der Waals surface area contributed by atoms with E-state index in [2.05, 4.69) is 27.3 Å². The first-order valence-corrected chi connectivity index (χ1v) is 7.01. The molecule has 0 aromatic heterocycles. The summed E-state index contributed by atoms with van der Waals surface area (Å²) < 4.78 is 0.915. The summed E-state index contributed by atoms with van der Waals surface area (Å²) in [6.45, 7) is 0.698. The van der Waals surface area contributed by atoms with Gasteiger partial charge in [-0.1, -0.05) is 22.0 Å². The van der Waals surface area contributed by atoms with Gasteiger partial charge in [-0.05, 0) is 36.5 Å². The Balaban J connectivity index is 1.58. The average molecular weight is 321 g/mol. The third-order valence-corrected chi connectivity index (χ3v) is 5.10. The highest BCUT2D eigenvalue weighted by molar-refractivity contribution is 9.10. The summed E-state index contributed by atoms with van der Waals surface area (Å²) in [6, 6.07) is 7.93. The van der Waals surface area contributed by atoms with Crippen molar-refractivity contribution in [2.45, 2.75) is 25.4 Å². The van der Waals surface area contributed by atoms with Crippen molar-refractivity contribution >= 4 is 21.9 Å². The Hall–Kier alpha value is -1.38. The van der Waals surface area contributed by atoms with Crippen LogP contribution in [0, 0.1) is 22.7 Å². The molecule has 1 aromatic carbocycles. The molecule has 0 radical (unpaired) electrons. The van der Waals surface area contributed by atoms with Gasteiger partial charge < -0.3 is 10.4 Å². The Morgan fingerprint density at radius 3 is 2.89 bits per heavy atom. The highest BCUT2D eigenvalue weighted by Crippen LogP contribution is 2.67. The maximum Gasteiger partial charge on any atom is 0.310 e. The van der Waals surface area contributed by atoms with E-state index in [1.807, 2.05) is 6.07 Å². The van der Waals surface area contributed by atoms with Crippen LogP contribution in [0.2, 0.25) is 0 Å². The standard InChI is InChI=1S/C14H13BrN2O2/c15-11-3-8(6-16)1-2-9(11)7-17-12-5-14(13(18)19)4-10(12)14/h1-3,10,12,17H,4-5,7H2,(H,18,19)/t10-,12-,14-/m0/s1. The number of rotatable bonds is 4. The minimum absolute atomic E-state index is 0.308. The average Bonchev–Trinajstić information content (AvgIpc) is 2.98. The van der Waals surface area contributed by atoms with E-state index >= 15 is 0 Å². The van der Waals surface area contributed by atoms with E-state index in [1.54, 1.807) is 12.1 Å². The number of carbonyl (C=O) groups is 1. The van der Waals surface area contributed by atoms with E-state index in [0.717, 1.165) is 22.9 Å². The molecule has 2 aliphatic rings. The van der Waals surface area contributed by atoms with E-state index in [0.29, 0.717) is 24.1 Å². The summed E-state index contributed by atoms with van der Waals surface area (Å²) in [7, 11) is 0. The number of hydrogen-bond acceptors (Lipinski definition) is 3. The summed E-state index contributed by atoms with van der Waals surface area (Å²) in [4.78, 5) is 11.0. The fraction of sp³-hybridized carbons (Fsp3) is 0.429. The molecular formula is C14H13BrN2O2. The van der Waals surface area contributed by atoms with Crippen LogP contribution in [0.4, 0.5) is 0 Å². The van der Waals surface area contributed by atoms with Crippen molar-refractivity contribution < 1.29 is 9.90 Å². The number of carboxylic acid groups (broad SMARTS) is 1. The van der Waals surface area contributed by atoms with Gasteiger partial charge in [0.2, 0.25) is 0 Å². The van der Waals surface area contributed by atoms with Crippen LogP contribution in [0.25, 0.3) is 0 Å². The minimum atomic E-state index is -0.643.